The highest BCUT2D eigenvalue weighted by atomic mass is 19.4. The van der Waals surface area contributed by atoms with E-state index in [0.717, 1.165) is 12.1 Å². The zero-order valence-corrected chi connectivity index (χ0v) is 12.0. The first kappa shape index (κ1) is 17.2. The van der Waals surface area contributed by atoms with E-state index in [4.69, 9.17) is 5.11 Å². The van der Waals surface area contributed by atoms with Crippen molar-refractivity contribution < 1.29 is 32.3 Å². The molecule has 0 aliphatic heterocycles. The monoisotopic (exact) mass is 333 g/mol. The van der Waals surface area contributed by atoms with Crippen molar-refractivity contribution in [1.29, 1.82) is 0 Å². The van der Waals surface area contributed by atoms with Crippen LogP contribution in [0, 0.1) is 17.7 Å². The zero-order valence-electron chi connectivity index (χ0n) is 12.0. The molecular formula is C15H15F4NO3. The van der Waals surface area contributed by atoms with Crippen LogP contribution in [0.1, 0.15) is 18.4 Å². The normalized spacial score (nSPS) is 20.7. The van der Waals surface area contributed by atoms with Gasteiger partial charge in [-0.05, 0) is 30.5 Å². The van der Waals surface area contributed by atoms with Crippen molar-refractivity contribution in [3.63, 3.8) is 0 Å². The fourth-order valence-corrected chi connectivity index (χ4v) is 2.56. The van der Waals surface area contributed by atoms with Gasteiger partial charge in [0.25, 0.3) is 0 Å². The van der Waals surface area contributed by atoms with Gasteiger partial charge in [-0.25, -0.2) is 4.39 Å². The van der Waals surface area contributed by atoms with Gasteiger partial charge >= 0.3 is 12.1 Å². The summed E-state index contributed by atoms with van der Waals surface area (Å²) in [5.41, 5.74) is 0.343. The molecule has 1 N–H and O–H groups in total. The highest BCUT2D eigenvalue weighted by molar-refractivity contribution is 5.86. The summed E-state index contributed by atoms with van der Waals surface area (Å²) in [5.74, 6) is -4.41. The summed E-state index contributed by atoms with van der Waals surface area (Å²) in [7, 11) is 0. The van der Waals surface area contributed by atoms with Crippen molar-refractivity contribution in [2.45, 2.75) is 25.6 Å². The molecule has 2 atom stereocenters. The predicted octanol–water partition coefficient (Wildman–Crippen LogP) is 2.83. The highest BCUT2D eigenvalue weighted by Gasteiger charge is 2.45. The number of benzene rings is 1. The van der Waals surface area contributed by atoms with Crippen LogP contribution < -0.4 is 0 Å². The van der Waals surface area contributed by atoms with E-state index in [-0.39, 0.29) is 19.4 Å². The molecule has 8 heteroatoms. The highest BCUT2D eigenvalue weighted by Crippen LogP contribution is 2.36. The lowest BCUT2D eigenvalue weighted by atomic mass is 9.73. The van der Waals surface area contributed by atoms with Crippen molar-refractivity contribution in [3.8, 4) is 0 Å². The van der Waals surface area contributed by atoms with Crippen LogP contribution in [0.25, 0.3) is 0 Å². The summed E-state index contributed by atoms with van der Waals surface area (Å²) in [4.78, 5) is 23.8. The third-order valence-electron chi connectivity index (χ3n) is 3.88. The second kappa shape index (κ2) is 6.55. The number of carboxylic acid groups (broad SMARTS) is 1. The van der Waals surface area contributed by atoms with Crippen molar-refractivity contribution >= 4 is 11.9 Å². The van der Waals surface area contributed by atoms with Crippen molar-refractivity contribution in [1.82, 2.24) is 4.90 Å². The van der Waals surface area contributed by atoms with Gasteiger partial charge in [0, 0.05) is 6.54 Å². The maximum Gasteiger partial charge on any atom is 0.406 e. The lowest BCUT2D eigenvalue weighted by Crippen LogP contribution is -2.48. The second-order valence-electron chi connectivity index (χ2n) is 5.56. The van der Waals surface area contributed by atoms with Gasteiger partial charge in [-0.15, -0.1) is 0 Å². The quantitative estimate of drug-likeness (QED) is 0.843. The minimum Gasteiger partial charge on any atom is -0.481 e. The molecule has 0 heterocycles. The summed E-state index contributed by atoms with van der Waals surface area (Å²) in [6, 6.07) is 4.77. The minimum absolute atomic E-state index is 0.258. The number of carbonyl (C=O) groups excluding carboxylic acids is 1. The molecule has 0 aromatic heterocycles. The standard InChI is InChI=1S/C15H15F4NO3/c16-10-3-1-9(2-4-10)7-20(8-15(17,18)19)13(21)11-5-6-12(11)14(22)23/h1-4,11-12H,5-8H2,(H,22,23)/t11-,12+/m0/s1. The maximum absolute atomic E-state index is 12.9. The van der Waals surface area contributed by atoms with E-state index in [1.807, 2.05) is 0 Å². The molecule has 1 aromatic rings. The van der Waals surface area contributed by atoms with Crippen LogP contribution in [-0.4, -0.2) is 34.6 Å². The van der Waals surface area contributed by atoms with Gasteiger partial charge in [0.2, 0.25) is 5.91 Å². The number of aliphatic carboxylic acids is 1. The second-order valence-corrected chi connectivity index (χ2v) is 5.56. The molecule has 0 saturated heterocycles. The SMILES string of the molecule is O=C(O)[C@@H]1CC[C@@H]1C(=O)N(Cc1ccc(F)cc1)CC(F)(F)F. The molecule has 23 heavy (non-hydrogen) atoms. The van der Waals surface area contributed by atoms with E-state index in [1.54, 1.807) is 0 Å². The van der Waals surface area contributed by atoms with E-state index in [1.165, 1.54) is 12.1 Å². The minimum atomic E-state index is -4.60. The number of hydrogen-bond acceptors (Lipinski definition) is 2. The first-order valence-electron chi connectivity index (χ1n) is 7.00. The average molecular weight is 333 g/mol. The molecule has 1 aliphatic rings. The molecule has 1 amide bonds. The Balaban J connectivity index is 2.15. The first-order chi connectivity index (χ1) is 10.7. The van der Waals surface area contributed by atoms with Crippen molar-refractivity contribution in [2.24, 2.45) is 11.8 Å². The number of halogens is 4. The predicted molar refractivity (Wildman–Crippen MR) is 71.7 cm³/mol. The van der Waals surface area contributed by atoms with Crippen LogP contribution in [0.2, 0.25) is 0 Å². The Hall–Kier alpha value is -2.12. The molecule has 1 aromatic carbocycles. The van der Waals surface area contributed by atoms with Crippen LogP contribution in [0.5, 0.6) is 0 Å². The third kappa shape index (κ3) is 4.43. The molecule has 0 unspecified atom stereocenters. The number of hydrogen-bond donors (Lipinski definition) is 1. The smallest absolute Gasteiger partial charge is 0.406 e. The summed E-state index contributed by atoms with van der Waals surface area (Å²) >= 11 is 0. The van der Waals surface area contributed by atoms with Gasteiger partial charge in [0.15, 0.2) is 0 Å². The van der Waals surface area contributed by atoms with Gasteiger partial charge in [0.05, 0.1) is 11.8 Å². The number of carboxylic acids is 1. The van der Waals surface area contributed by atoms with E-state index in [9.17, 15) is 27.2 Å². The van der Waals surface area contributed by atoms with E-state index in [2.05, 4.69) is 0 Å². The van der Waals surface area contributed by atoms with Gasteiger partial charge in [-0.1, -0.05) is 12.1 Å². The number of amides is 1. The summed E-state index contributed by atoms with van der Waals surface area (Å²) < 4.78 is 51.0. The topological polar surface area (TPSA) is 57.6 Å². The van der Waals surface area contributed by atoms with Crippen LogP contribution in [0.15, 0.2) is 24.3 Å². The molecular weight excluding hydrogens is 318 g/mol. The van der Waals surface area contributed by atoms with Gasteiger partial charge in [0.1, 0.15) is 12.4 Å². The molecule has 1 aliphatic carbocycles. The zero-order chi connectivity index (χ0) is 17.2. The van der Waals surface area contributed by atoms with Gasteiger partial charge in [-0.3, -0.25) is 9.59 Å². The molecule has 2 rings (SSSR count). The first-order valence-corrected chi connectivity index (χ1v) is 7.00. The van der Waals surface area contributed by atoms with E-state index >= 15 is 0 Å². The Labute approximate surface area is 129 Å². The lowest BCUT2D eigenvalue weighted by molar-refractivity contribution is -0.171. The fourth-order valence-electron chi connectivity index (χ4n) is 2.56. The number of nitrogens with zero attached hydrogens (tertiary/aromatic N) is 1. The Kier molecular flexibility index (Phi) is 4.91. The number of carbonyl (C=O) groups is 2. The van der Waals surface area contributed by atoms with Crippen LogP contribution in [0.3, 0.4) is 0 Å². The van der Waals surface area contributed by atoms with Crippen molar-refractivity contribution in [3.05, 3.63) is 35.6 Å². The maximum atomic E-state index is 12.9. The molecule has 0 radical (unpaired) electrons. The van der Waals surface area contributed by atoms with Crippen LogP contribution >= 0.6 is 0 Å². The number of alkyl halides is 3. The number of rotatable bonds is 5. The molecule has 1 saturated carbocycles. The Morgan fingerprint density at radius 1 is 1.13 bits per heavy atom. The molecule has 1 fully saturated rings. The van der Waals surface area contributed by atoms with Crippen LogP contribution in [-0.2, 0) is 16.1 Å². The Morgan fingerprint density at radius 2 is 1.70 bits per heavy atom. The molecule has 0 bridgehead atoms. The largest absolute Gasteiger partial charge is 0.481 e. The van der Waals surface area contributed by atoms with Crippen LogP contribution in [0.4, 0.5) is 17.6 Å². The Morgan fingerprint density at radius 3 is 2.13 bits per heavy atom. The summed E-state index contributed by atoms with van der Waals surface area (Å²) in [5, 5.41) is 8.95. The summed E-state index contributed by atoms with van der Waals surface area (Å²) in [6.07, 6.45) is -4.06. The fraction of sp³-hybridized carbons (Fsp3) is 0.467. The average Bonchev–Trinajstić information content (AvgIpc) is 2.37. The summed E-state index contributed by atoms with van der Waals surface area (Å²) in [6.45, 7) is -1.81. The third-order valence-corrected chi connectivity index (χ3v) is 3.88. The van der Waals surface area contributed by atoms with E-state index < -0.39 is 42.3 Å². The van der Waals surface area contributed by atoms with E-state index in [0.29, 0.717) is 10.5 Å². The van der Waals surface area contributed by atoms with Gasteiger partial charge in [-0.2, -0.15) is 13.2 Å². The van der Waals surface area contributed by atoms with Gasteiger partial charge < -0.3 is 10.0 Å². The molecule has 126 valence electrons. The Bertz CT molecular complexity index is 585. The van der Waals surface area contributed by atoms with Crippen molar-refractivity contribution in [2.75, 3.05) is 6.54 Å². The lowest BCUT2D eigenvalue weighted by Gasteiger charge is -2.36. The molecule has 0 spiro atoms. The molecule has 4 nitrogen and oxygen atoms in total.